The molecule has 0 unspecified atom stereocenters. The molecular formula is C15H26N4O4. The largest absolute Gasteiger partial charge is 0.464 e. The number of carbonyl (C=O) groups is 3. The zero-order chi connectivity index (χ0) is 16.8. The van der Waals surface area contributed by atoms with Gasteiger partial charge in [-0.1, -0.05) is 0 Å². The number of hydrogen-bond acceptors (Lipinski definition) is 5. The van der Waals surface area contributed by atoms with Crippen LogP contribution in [0, 0.1) is 5.92 Å². The summed E-state index contributed by atoms with van der Waals surface area (Å²) in [6.07, 6.45) is 1.94. The third-order valence-electron chi connectivity index (χ3n) is 4.51. The second-order valence-corrected chi connectivity index (χ2v) is 6.03. The van der Waals surface area contributed by atoms with E-state index in [0.29, 0.717) is 45.8 Å². The van der Waals surface area contributed by atoms with E-state index in [9.17, 15) is 14.4 Å². The van der Waals surface area contributed by atoms with Gasteiger partial charge in [0.15, 0.2) is 0 Å². The lowest BCUT2D eigenvalue weighted by molar-refractivity contribution is -0.156. The number of piperidine rings is 1. The number of ether oxygens (including phenoxy) is 1. The van der Waals surface area contributed by atoms with Gasteiger partial charge in [0.25, 0.3) is 0 Å². The number of carbonyl (C=O) groups excluding carboxylic acids is 3. The van der Waals surface area contributed by atoms with Crippen LogP contribution < -0.4 is 11.1 Å². The van der Waals surface area contributed by atoms with Gasteiger partial charge in [-0.05, 0) is 25.7 Å². The first-order valence-corrected chi connectivity index (χ1v) is 8.24. The van der Waals surface area contributed by atoms with Crippen LogP contribution in [-0.2, 0) is 14.3 Å². The molecule has 1 atom stereocenters. The molecule has 0 saturated carbocycles. The Kier molecular flexibility index (Phi) is 6.20. The van der Waals surface area contributed by atoms with Gasteiger partial charge in [0.1, 0.15) is 6.04 Å². The third kappa shape index (κ3) is 4.57. The summed E-state index contributed by atoms with van der Waals surface area (Å²) in [4.78, 5) is 39.0. The van der Waals surface area contributed by atoms with Crippen molar-refractivity contribution in [3.05, 3.63) is 0 Å². The molecule has 8 nitrogen and oxygen atoms in total. The lowest BCUT2D eigenvalue weighted by atomic mass is 9.92. The van der Waals surface area contributed by atoms with Gasteiger partial charge in [-0.3, -0.25) is 4.79 Å². The molecular weight excluding hydrogens is 300 g/mol. The van der Waals surface area contributed by atoms with Crippen molar-refractivity contribution < 1.29 is 19.1 Å². The molecule has 0 aromatic heterocycles. The molecule has 23 heavy (non-hydrogen) atoms. The molecule has 2 saturated heterocycles. The summed E-state index contributed by atoms with van der Waals surface area (Å²) in [5.41, 5.74) is 5.26. The molecule has 3 N–H and O–H groups in total. The molecule has 2 aliphatic heterocycles. The van der Waals surface area contributed by atoms with Crippen molar-refractivity contribution in [3.8, 4) is 0 Å². The van der Waals surface area contributed by atoms with Gasteiger partial charge in [-0.2, -0.15) is 0 Å². The number of amides is 3. The minimum Gasteiger partial charge on any atom is -0.464 e. The maximum absolute atomic E-state index is 12.6. The average Bonchev–Trinajstić information content (AvgIpc) is 2.55. The zero-order valence-corrected chi connectivity index (χ0v) is 13.6. The molecule has 0 bridgehead atoms. The van der Waals surface area contributed by atoms with E-state index in [2.05, 4.69) is 5.32 Å². The van der Waals surface area contributed by atoms with Gasteiger partial charge in [-0.15, -0.1) is 0 Å². The number of piperazine rings is 1. The summed E-state index contributed by atoms with van der Waals surface area (Å²) in [6.45, 7) is 4.89. The molecule has 0 aromatic rings. The van der Waals surface area contributed by atoms with Gasteiger partial charge in [-0.25, -0.2) is 9.59 Å². The summed E-state index contributed by atoms with van der Waals surface area (Å²) in [7, 11) is 0. The molecule has 0 spiro atoms. The molecule has 8 heteroatoms. The Morgan fingerprint density at radius 2 is 1.91 bits per heavy atom. The van der Waals surface area contributed by atoms with E-state index in [4.69, 9.17) is 10.5 Å². The van der Waals surface area contributed by atoms with E-state index in [0.717, 1.165) is 12.8 Å². The van der Waals surface area contributed by atoms with Crippen molar-refractivity contribution in [3.63, 3.8) is 0 Å². The Morgan fingerprint density at radius 1 is 1.22 bits per heavy atom. The predicted octanol–water partition coefficient (Wildman–Crippen LogP) is -0.469. The average molecular weight is 326 g/mol. The first-order valence-electron chi connectivity index (χ1n) is 8.24. The van der Waals surface area contributed by atoms with Gasteiger partial charge < -0.3 is 25.6 Å². The number of nitrogens with one attached hydrogen (secondary N) is 1. The number of urea groups is 1. The van der Waals surface area contributed by atoms with Crippen LogP contribution in [0.25, 0.3) is 0 Å². The normalized spacial score (nSPS) is 22.7. The van der Waals surface area contributed by atoms with Crippen molar-refractivity contribution >= 4 is 17.9 Å². The van der Waals surface area contributed by atoms with Crippen LogP contribution in [0.2, 0.25) is 0 Å². The molecule has 2 heterocycles. The minimum atomic E-state index is -0.540. The number of hydrogen-bond donors (Lipinski definition) is 2. The maximum Gasteiger partial charge on any atom is 0.330 e. The number of likely N-dealkylation sites (tertiary alicyclic amines) is 1. The van der Waals surface area contributed by atoms with E-state index in [-0.39, 0.29) is 17.8 Å². The summed E-state index contributed by atoms with van der Waals surface area (Å²) in [6, 6.07) is -0.943. The standard InChI is InChI=1S/C15H26N4O4/c1-2-23-14(21)12-10-17-5-8-19(12)13(20)9-11-3-6-18(7-4-11)15(16)22/h11-12,17H,2-10H2,1H3,(H2,16,22)/t12-/m1/s1. The van der Waals surface area contributed by atoms with Crippen LogP contribution >= 0.6 is 0 Å². The fourth-order valence-corrected chi connectivity index (χ4v) is 3.17. The fraction of sp³-hybridized carbons (Fsp3) is 0.800. The number of esters is 1. The number of rotatable bonds is 4. The smallest absolute Gasteiger partial charge is 0.330 e. The lowest BCUT2D eigenvalue weighted by Crippen LogP contribution is -2.57. The van der Waals surface area contributed by atoms with Gasteiger partial charge in [0, 0.05) is 39.1 Å². The van der Waals surface area contributed by atoms with Crippen LogP contribution in [0.4, 0.5) is 4.79 Å². The molecule has 0 radical (unpaired) electrons. The van der Waals surface area contributed by atoms with Crippen molar-refractivity contribution in [1.29, 1.82) is 0 Å². The zero-order valence-electron chi connectivity index (χ0n) is 13.6. The first-order chi connectivity index (χ1) is 11.0. The summed E-state index contributed by atoms with van der Waals surface area (Å²) in [5, 5.41) is 3.13. The van der Waals surface area contributed by atoms with Crippen molar-refractivity contribution in [2.24, 2.45) is 11.7 Å². The van der Waals surface area contributed by atoms with Gasteiger partial charge >= 0.3 is 12.0 Å². The van der Waals surface area contributed by atoms with Crippen LogP contribution in [0.5, 0.6) is 0 Å². The van der Waals surface area contributed by atoms with Crippen LogP contribution in [0.15, 0.2) is 0 Å². The molecule has 0 aliphatic carbocycles. The van der Waals surface area contributed by atoms with Crippen LogP contribution in [0.3, 0.4) is 0 Å². The highest BCUT2D eigenvalue weighted by Crippen LogP contribution is 2.22. The fourth-order valence-electron chi connectivity index (χ4n) is 3.17. The Labute approximate surface area is 136 Å². The highest BCUT2D eigenvalue weighted by molar-refractivity contribution is 5.85. The lowest BCUT2D eigenvalue weighted by Gasteiger charge is -2.36. The molecule has 2 fully saturated rings. The maximum atomic E-state index is 12.6. The minimum absolute atomic E-state index is 0.0120. The molecule has 2 aliphatic rings. The highest BCUT2D eigenvalue weighted by atomic mass is 16.5. The molecule has 2 rings (SSSR count). The second kappa shape index (κ2) is 8.14. The summed E-state index contributed by atoms with van der Waals surface area (Å²) >= 11 is 0. The topological polar surface area (TPSA) is 105 Å². The van der Waals surface area contributed by atoms with Crippen molar-refractivity contribution in [2.45, 2.75) is 32.2 Å². The quantitative estimate of drug-likeness (QED) is 0.680. The Balaban J connectivity index is 1.88. The van der Waals surface area contributed by atoms with E-state index in [1.165, 1.54) is 0 Å². The highest BCUT2D eigenvalue weighted by Gasteiger charge is 2.34. The van der Waals surface area contributed by atoms with Crippen molar-refractivity contribution in [1.82, 2.24) is 15.1 Å². The first kappa shape index (κ1) is 17.5. The Hall–Kier alpha value is -1.83. The molecule has 0 aromatic carbocycles. The van der Waals surface area contributed by atoms with Gasteiger partial charge in [0.2, 0.25) is 5.91 Å². The van der Waals surface area contributed by atoms with E-state index < -0.39 is 12.1 Å². The predicted molar refractivity (Wildman–Crippen MR) is 83.5 cm³/mol. The van der Waals surface area contributed by atoms with E-state index in [1.54, 1.807) is 16.7 Å². The second-order valence-electron chi connectivity index (χ2n) is 6.03. The Bertz CT molecular complexity index is 449. The summed E-state index contributed by atoms with van der Waals surface area (Å²) in [5.74, 6) is -0.130. The summed E-state index contributed by atoms with van der Waals surface area (Å²) < 4.78 is 5.06. The van der Waals surface area contributed by atoms with Crippen LogP contribution in [-0.4, -0.2) is 73.1 Å². The van der Waals surface area contributed by atoms with E-state index >= 15 is 0 Å². The number of primary amides is 1. The number of nitrogens with two attached hydrogens (primary N) is 1. The molecule has 3 amide bonds. The van der Waals surface area contributed by atoms with Crippen molar-refractivity contribution in [2.75, 3.05) is 39.3 Å². The van der Waals surface area contributed by atoms with Crippen LogP contribution in [0.1, 0.15) is 26.2 Å². The third-order valence-corrected chi connectivity index (χ3v) is 4.51. The van der Waals surface area contributed by atoms with E-state index in [1.807, 2.05) is 0 Å². The van der Waals surface area contributed by atoms with Gasteiger partial charge in [0.05, 0.1) is 6.61 Å². The molecule has 130 valence electrons. The number of nitrogens with zero attached hydrogens (tertiary/aromatic N) is 2. The Morgan fingerprint density at radius 3 is 2.52 bits per heavy atom. The monoisotopic (exact) mass is 326 g/mol. The SMILES string of the molecule is CCOC(=O)[C@H]1CNCCN1C(=O)CC1CCN(C(N)=O)CC1.